The SMILES string of the molecule is Cn1cc(Br)c(CCc2nc3nc(O[C@@H]4CO[C@H]5[C@@H]4OC[C@H]5O)[nH]c3cc2Cl)n1. The van der Waals surface area contributed by atoms with Gasteiger partial charge in [-0.3, -0.25) is 4.68 Å². The number of ether oxygens (including phenoxy) is 3. The standard InChI is InChI=1S/C18H19BrClN5O4/c1-25-5-8(19)10(24-25)2-3-11-9(20)4-12-17(21-11)23-18(22-12)29-14-7-28-15-13(26)6-27-16(14)15/h4-5,13-16,26H,2-3,6-7H2,1H3,(H,21,22,23)/t13-,14-,15-,16-/m1/s1. The molecule has 2 N–H and O–H groups in total. The van der Waals surface area contributed by atoms with E-state index in [0.29, 0.717) is 41.6 Å². The molecule has 2 aliphatic heterocycles. The fraction of sp³-hybridized carbons (Fsp3) is 0.500. The molecule has 0 aliphatic carbocycles. The second-order valence-corrected chi connectivity index (χ2v) is 8.51. The van der Waals surface area contributed by atoms with Gasteiger partial charge in [-0.1, -0.05) is 11.6 Å². The minimum atomic E-state index is -0.619. The first kappa shape index (κ1) is 19.3. The van der Waals surface area contributed by atoms with Gasteiger partial charge in [0.15, 0.2) is 11.8 Å². The van der Waals surface area contributed by atoms with Gasteiger partial charge >= 0.3 is 0 Å². The van der Waals surface area contributed by atoms with E-state index in [1.165, 1.54) is 0 Å². The van der Waals surface area contributed by atoms with Gasteiger partial charge in [0.2, 0.25) is 0 Å². The number of nitrogens with one attached hydrogen (secondary N) is 1. The van der Waals surface area contributed by atoms with Crippen molar-refractivity contribution >= 4 is 38.7 Å². The Balaban J connectivity index is 1.32. The number of nitrogens with zero attached hydrogens (tertiary/aromatic N) is 4. The average Bonchev–Trinajstić information content (AvgIpc) is 3.41. The molecule has 0 aromatic carbocycles. The molecule has 0 saturated carbocycles. The minimum Gasteiger partial charge on any atom is -0.456 e. The second-order valence-electron chi connectivity index (χ2n) is 7.25. The number of imidazole rings is 1. The summed E-state index contributed by atoms with van der Waals surface area (Å²) >= 11 is 9.94. The van der Waals surface area contributed by atoms with Gasteiger partial charge in [-0.2, -0.15) is 10.1 Å². The molecule has 5 rings (SSSR count). The van der Waals surface area contributed by atoms with E-state index in [2.05, 4.69) is 36.0 Å². The Bertz CT molecular complexity index is 1060. The van der Waals surface area contributed by atoms with Crippen molar-refractivity contribution < 1.29 is 19.3 Å². The first-order valence-electron chi connectivity index (χ1n) is 9.29. The molecule has 11 heteroatoms. The number of aliphatic hydroxyl groups excluding tert-OH is 1. The van der Waals surface area contributed by atoms with Gasteiger partial charge in [-0.25, -0.2) is 4.98 Å². The van der Waals surface area contributed by atoms with Crippen LogP contribution >= 0.6 is 27.5 Å². The van der Waals surface area contributed by atoms with Gasteiger partial charge in [0.1, 0.15) is 18.3 Å². The van der Waals surface area contributed by atoms with Crippen molar-refractivity contribution in [3.63, 3.8) is 0 Å². The van der Waals surface area contributed by atoms with E-state index >= 15 is 0 Å². The molecule has 0 spiro atoms. The molecule has 2 fully saturated rings. The summed E-state index contributed by atoms with van der Waals surface area (Å²) in [6, 6.07) is 2.13. The third kappa shape index (κ3) is 3.64. The van der Waals surface area contributed by atoms with Crippen LogP contribution in [0.4, 0.5) is 0 Å². The van der Waals surface area contributed by atoms with Crippen LogP contribution in [0.1, 0.15) is 11.4 Å². The van der Waals surface area contributed by atoms with Crippen molar-refractivity contribution in [1.29, 1.82) is 0 Å². The summed E-state index contributed by atoms with van der Waals surface area (Å²) in [5, 5.41) is 14.8. The normalized spacial score (nSPS) is 26.3. The topological polar surface area (TPSA) is 107 Å². The summed E-state index contributed by atoms with van der Waals surface area (Å²) in [5.74, 6) is 0. The molecular formula is C18H19BrClN5O4. The predicted molar refractivity (Wildman–Crippen MR) is 107 cm³/mol. The summed E-state index contributed by atoms with van der Waals surface area (Å²) in [7, 11) is 1.88. The lowest BCUT2D eigenvalue weighted by molar-refractivity contribution is 0.00706. The van der Waals surface area contributed by atoms with Crippen LogP contribution in [0.3, 0.4) is 0 Å². The fourth-order valence-corrected chi connectivity index (χ4v) is 4.58. The summed E-state index contributed by atoms with van der Waals surface area (Å²) in [6.45, 7) is 0.587. The van der Waals surface area contributed by atoms with E-state index < -0.39 is 6.10 Å². The van der Waals surface area contributed by atoms with Gasteiger partial charge in [0, 0.05) is 13.2 Å². The largest absolute Gasteiger partial charge is 0.456 e. The maximum atomic E-state index is 9.85. The first-order chi connectivity index (χ1) is 14.0. The lowest BCUT2D eigenvalue weighted by atomic mass is 10.1. The zero-order valence-electron chi connectivity index (χ0n) is 15.5. The maximum Gasteiger partial charge on any atom is 0.296 e. The molecular weight excluding hydrogens is 466 g/mol. The molecule has 0 unspecified atom stereocenters. The third-order valence-corrected chi connectivity index (χ3v) is 6.17. The van der Waals surface area contributed by atoms with Crippen molar-refractivity contribution in [2.45, 2.75) is 37.3 Å². The molecule has 154 valence electrons. The number of rotatable bonds is 5. The Morgan fingerprint density at radius 1 is 1.28 bits per heavy atom. The number of pyridine rings is 1. The van der Waals surface area contributed by atoms with Gasteiger partial charge in [-0.05, 0) is 34.8 Å². The lowest BCUT2D eigenvalue weighted by Gasteiger charge is -2.15. The fourth-order valence-electron chi connectivity index (χ4n) is 3.76. The summed E-state index contributed by atoms with van der Waals surface area (Å²) in [6.07, 6.45) is 1.64. The third-order valence-electron chi connectivity index (χ3n) is 5.18. The Kier molecular flexibility index (Phi) is 4.99. The molecule has 3 aromatic rings. The van der Waals surface area contributed by atoms with Gasteiger partial charge < -0.3 is 24.3 Å². The number of aliphatic hydroxyl groups is 1. The number of hydrogen-bond acceptors (Lipinski definition) is 7. The monoisotopic (exact) mass is 483 g/mol. The lowest BCUT2D eigenvalue weighted by Crippen LogP contribution is -2.34. The average molecular weight is 485 g/mol. The number of fused-ring (bicyclic) bond motifs is 2. The Labute approximate surface area is 179 Å². The number of hydrogen-bond donors (Lipinski definition) is 2. The minimum absolute atomic E-state index is 0.252. The highest BCUT2D eigenvalue weighted by atomic mass is 79.9. The number of aryl methyl sites for hydroxylation is 3. The molecule has 9 nitrogen and oxygen atoms in total. The smallest absolute Gasteiger partial charge is 0.296 e. The van der Waals surface area contributed by atoms with Crippen LogP contribution in [-0.2, 0) is 29.4 Å². The highest BCUT2D eigenvalue weighted by molar-refractivity contribution is 9.10. The van der Waals surface area contributed by atoms with Crippen LogP contribution in [0, 0.1) is 0 Å². The zero-order chi connectivity index (χ0) is 20.1. The van der Waals surface area contributed by atoms with Crippen LogP contribution in [0.25, 0.3) is 11.2 Å². The second kappa shape index (κ2) is 7.51. The summed E-state index contributed by atoms with van der Waals surface area (Å²) in [4.78, 5) is 12.1. The van der Waals surface area contributed by atoms with Crippen molar-refractivity contribution in [1.82, 2.24) is 24.7 Å². The Morgan fingerprint density at radius 2 is 2.07 bits per heavy atom. The van der Waals surface area contributed by atoms with Crippen LogP contribution < -0.4 is 4.74 Å². The maximum absolute atomic E-state index is 9.85. The van der Waals surface area contributed by atoms with Gasteiger partial charge in [0.25, 0.3) is 6.01 Å². The molecule has 5 heterocycles. The highest BCUT2D eigenvalue weighted by Crippen LogP contribution is 2.30. The number of aromatic amines is 1. The van der Waals surface area contributed by atoms with E-state index in [1.807, 2.05) is 13.2 Å². The van der Waals surface area contributed by atoms with Crippen molar-refractivity contribution in [2.24, 2.45) is 7.05 Å². The molecule has 29 heavy (non-hydrogen) atoms. The Morgan fingerprint density at radius 3 is 2.86 bits per heavy atom. The molecule has 2 aliphatic rings. The van der Waals surface area contributed by atoms with E-state index in [1.54, 1.807) is 10.7 Å². The molecule has 2 saturated heterocycles. The number of aromatic nitrogens is 5. The van der Waals surface area contributed by atoms with E-state index in [0.717, 1.165) is 15.9 Å². The quantitative estimate of drug-likeness (QED) is 0.568. The van der Waals surface area contributed by atoms with E-state index in [9.17, 15) is 5.11 Å². The molecule has 3 aromatic heterocycles. The van der Waals surface area contributed by atoms with Crippen molar-refractivity contribution in [2.75, 3.05) is 13.2 Å². The van der Waals surface area contributed by atoms with Gasteiger partial charge in [-0.15, -0.1) is 0 Å². The molecule has 0 radical (unpaired) electrons. The van der Waals surface area contributed by atoms with Crippen LogP contribution in [0.15, 0.2) is 16.7 Å². The zero-order valence-corrected chi connectivity index (χ0v) is 17.9. The first-order valence-corrected chi connectivity index (χ1v) is 10.5. The Hall–Kier alpha value is -1.72. The number of halogens is 2. The van der Waals surface area contributed by atoms with E-state index in [4.69, 9.17) is 25.8 Å². The number of H-pyrrole nitrogens is 1. The van der Waals surface area contributed by atoms with Crippen molar-refractivity contribution in [3.8, 4) is 6.01 Å². The molecule has 4 atom stereocenters. The summed E-state index contributed by atoms with van der Waals surface area (Å²) in [5.41, 5.74) is 2.92. The molecule has 0 amide bonds. The van der Waals surface area contributed by atoms with Crippen LogP contribution in [0.2, 0.25) is 5.02 Å². The van der Waals surface area contributed by atoms with Crippen LogP contribution in [0.5, 0.6) is 6.01 Å². The van der Waals surface area contributed by atoms with E-state index in [-0.39, 0.29) is 24.9 Å². The van der Waals surface area contributed by atoms with Crippen molar-refractivity contribution in [3.05, 3.63) is 33.1 Å². The molecule has 0 bridgehead atoms. The summed E-state index contributed by atoms with van der Waals surface area (Å²) < 4.78 is 19.8. The highest BCUT2D eigenvalue weighted by Gasteiger charge is 2.48. The predicted octanol–water partition coefficient (Wildman–Crippen LogP) is 1.80. The van der Waals surface area contributed by atoms with Crippen LogP contribution in [-0.4, -0.2) is 67.5 Å². The van der Waals surface area contributed by atoms with Gasteiger partial charge in [0.05, 0.1) is 39.6 Å².